The first-order valence-corrected chi connectivity index (χ1v) is 7.11. The lowest BCUT2D eigenvalue weighted by Crippen LogP contribution is -2.11. The van der Waals surface area contributed by atoms with Gasteiger partial charge in [0, 0.05) is 5.33 Å². The van der Waals surface area contributed by atoms with Gasteiger partial charge in [-0.2, -0.15) is 0 Å². The van der Waals surface area contributed by atoms with Gasteiger partial charge in [-0.1, -0.05) is 93.7 Å². The van der Waals surface area contributed by atoms with Crippen molar-refractivity contribution in [2.24, 2.45) is 0 Å². The lowest BCUT2D eigenvalue weighted by atomic mass is 10.0. The molecule has 88 valence electrons. The number of hydrogen-bond acceptors (Lipinski definition) is 0. The molecule has 17 heavy (non-hydrogen) atoms. The fourth-order valence-electron chi connectivity index (χ4n) is 1.62. The predicted molar refractivity (Wildman–Crippen MR) is 78.0 cm³/mol. The summed E-state index contributed by atoms with van der Waals surface area (Å²) < 4.78 is -0.994. The van der Waals surface area contributed by atoms with Crippen LogP contribution in [-0.2, 0) is 9.66 Å². The lowest BCUT2D eigenvalue weighted by molar-refractivity contribution is 1.04. The third-order valence-corrected chi connectivity index (χ3v) is 4.13. The van der Waals surface area contributed by atoms with Crippen molar-refractivity contribution in [3.05, 3.63) is 71.3 Å². The monoisotopic (exact) mass is 328 g/mol. The summed E-state index contributed by atoms with van der Waals surface area (Å²) in [6.45, 7) is 0. The van der Waals surface area contributed by atoms with Crippen LogP contribution < -0.4 is 0 Å². The molecule has 0 unspecified atom stereocenters. The number of rotatable bonds is 3. The maximum atomic E-state index is 6.44. The molecule has 0 saturated carbocycles. The summed E-state index contributed by atoms with van der Waals surface area (Å²) in [6.07, 6.45) is 0. The summed E-state index contributed by atoms with van der Waals surface area (Å²) in [6, 6.07) is 17.6. The van der Waals surface area contributed by atoms with Gasteiger partial charge in [0.15, 0.2) is 4.33 Å². The van der Waals surface area contributed by atoms with E-state index < -0.39 is 4.33 Å². The topological polar surface area (TPSA) is 0 Å². The fraction of sp³-hybridized carbons (Fsp3) is 0.143. The van der Waals surface area contributed by atoms with Crippen LogP contribution in [0.5, 0.6) is 0 Å². The van der Waals surface area contributed by atoms with E-state index in [4.69, 9.17) is 23.2 Å². The molecule has 0 heterocycles. The summed E-state index contributed by atoms with van der Waals surface area (Å²) in [5.41, 5.74) is 2.97. The van der Waals surface area contributed by atoms with Crippen LogP contribution in [0.25, 0.3) is 0 Å². The van der Waals surface area contributed by atoms with Crippen LogP contribution in [-0.4, -0.2) is 0 Å². The molecule has 2 rings (SSSR count). The molecule has 0 aliphatic heterocycles. The Labute approximate surface area is 120 Å². The molecule has 0 fully saturated rings. The molecule has 0 spiro atoms. The lowest BCUT2D eigenvalue weighted by Gasteiger charge is -2.20. The van der Waals surface area contributed by atoms with Crippen LogP contribution in [0, 0.1) is 0 Å². The van der Waals surface area contributed by atoms with Crippen LogP contribution >= 0.6 is 39.1 Å². The highest BCUT2D eigenvalue weighted by Gasteiger charge is 2.28. The standard InChI is InChI=1S/C14H11BrCl2/c15-10-11-6-8-13(9-7-11)14(16,17)12-4-2-1-3-5-12/h1-9H,10H2. The van der Waals surface area contributed by atoms with Gasteiger partial charge in [0.05, 0.1) is 0 Å². The van der Waals surface area contributed by atoms with Crippen LogP contribution in [0.1, 0.15) is 16.7 Å². The molecule has 0 nitrogen and oxygen atoms in total. The summed E-state index contributed by atoms with van der Waals surface area (Å²) in [7, 11) is 0. The second-order valence-electron chi connectivity index (χ2n) is 3.77. The van der Waals surface area contributed by atoms with Gasteiger partial charge in [0.25, 0.3) is 0 Å². The van der Waals surface area contributed by atoms with E-state index in [-0.39, 0.29) is 0 Å². The molecule has 0 radical (unpaired) electrons. The predicted octanol–water partition coefficient (Wildman–Crippen LogP) is 5.26. The zero-order valence-electron chi connectivity index (χ0n) is 9.04. The van der Waals surface area contributed by atoms with Gasteiger partial charge in [-0.3, -0.25) is 0 Å². The Morgan fingerprint density at radius 2 is 1.35 bits per heavy atom. The van der Waals surface area contributed by atoms with Crippen molar-refractivity contribution in [3.8, 4) is 0 Å². The second-order valence-corrected chi connectivity index (χ2v) is 5.66. The highest BCUT2D eigenvalue weighted by molar-refractivity contribution is 9.08. The molecule has 0 atom stereocenters. The molecule has 0 amide bonds. The van der Waals surface area contributed by atoms with Crippen molar-refractivity contribution in [2.75, 3.05) is 0 Å². The Morgan fingerprint density at radius 1 is 0.824 bits per heavy atom. The fourth-order valence-corrected chi connectivity index (χ4v) is 2.50. The summed E-state index contributed by atoms with van der Waals surface area (Å²) in [5.74, 6) is 0. The maximum Gasteiger partial charge on any atom is 0.168 e. The SMILES string of the molecule is ClC(Cl)(c1ccccc1)c1ccc(CBr)cc1. The molecule has 0 aliphatic rings. The first-order valence-electron chi connectivity index (χ1n) is 5.23. The molecule has 0 aromatic heterocycles. The van der Waals surface area contributed by atoms with Gasteiger partial charge in [-0.05, 0) is 16.7 Å². The number of benzene rings is 2. The van der Waals surface area contributed by atoms with E-state index in [0.29, 0.717) is 0 Å². The Bertz CT molecular complexity index is 477. The minimum Gasteiger partial charge on any atom is -0.0909 e. The Morgan fingerprint density at radius 3 is 1.88 bits per heavy atom. The van der Waals surface area contributed by atoms with Crippen molar-refractivity contribution in [3.63, 3.8) is 0 Å². The summed E-state index contributed by atoms with van der Waals surface area (Å²) in [4.78, 5) is 0. The number of alkyl halides is 3. The van der Waals surface area contributed by atoms with Gasteiger partial charge >= 0.3 is 0 Å². The molecule has 0 bridgehead atoms. The summed E-state index contributed by atoms with van der Waals surface area (Å²) in [5, 5.41) is 0.830. The number of hydrogen-bond donors (Lipinski definition) is 0. The average Bonchev–Trinajstić information content (AvgIpc) is 2.40. The smallest absolute Gasteiger partial charge is 0.0909 e. The van der Waals surface area contributed by atoms with Gasteiger partial charge < -0.3 is 0 Å². The molecule has 2 aromatic rings. The van der Waals surface area contributed by atoms with Gasteiger partial charge in [-0.15, -0.1) is 0 Å². The van der Waals surface area contributed by atoms with Crippen molar-refractivity contribution in [1.82, 2.24) is 0 Å². The number of halogens is 3. The molecule has 0 N–H and O–H groups in total. The first-order chi connectivity index (χ1) is 8.14. The second kappa shape index (κ2) is 5.43. The van der Waals surface area contributed by atoms with Crippen LogP contribution in [0.3, 0.4) is 0 Å². The van der Waals surface area contributed by atoms with E-state index >= 15 is 0 Å². The van der Waals surface area contributed by atoms with E-state index in [2.05, 4.69) is 15.9 Å². The quantitative estimate of drug-likeness (QED) is 0.674. The van der Waals surface area contributed by atoms with Crippen molar-refractivity contribution in [1.29, 1.82) is 0 Å². The normalized spacial score (nSPS) is 11.5. The average molecular weight is 330 g/mol. The Kier molecular flexibility index (Phi) is 4.13. The van der Waals surface area contributed by atoms with Gasteiger partial charge in [0.2, 0.25) is 0 Å². The van der Waals surface area contributed by atoms with E-state index in [9.17, 15) is 0 Å². The third kappa shape index (κ3) is 2.85. The Balaban J connectivity index is 2.37. The molecule has 2 aromatic carbocycles. The molecule has 0 saturated heterocycles. The van der Waals surface area contributed by atoms with Crippen LogP contribution in [0.4, 0.5) is 0 Å². The minimum atomic E-state index is -0.994. The van der Waals surface area contributed by atoms with E-state index in [1.165, 1.54) is 5.56 Å². The van der Waals surface area contributed by atoms with E-state index in [1.54, 1.807) is 0 Å². The Hall–Kier alpha value is -0.500. The first kappa shape index (κ1) is 12.9. The zero-order valence-corrected chi connectivity index (χ0v) is 12.1. The highest BCUT2D eigenvalue weighted by Crippen LogP contribution is 2.40. The van der Waals surface area contributed by atoms with Crippen LogP contribution in [0.15, 0.2) is 54.6 Å². The summed E-state index contributed by atoms with van der Waals surface area (Å²) >= 11 is 16.3. The van der Waals surface area contributed by atoms with E-state index in [0.717, 1.165) is 16.5 Å². The largest absolute Gasteiger partial charge is 0.168 e. The maximum absolute atomic E-state index is 6.44. The van der Waals surface area contributed by atoms with Gasteiger partial charge in [0.1, 0.15) is 0 Å². The highest BCUT2D eigenvalue weighted by atomic mass is 79.9. The van der Waals surface area contributed by atoms with Crippen molar-refractivity contribution in [2.45, 2.75) is 9.66 Å². The van der Waals surface area contributed by atoms with Crippen molar-refractivity contribution >= 4 is 39.1 Å². The van der Waals surface area contributed by atoms with Crippen LogP contribution in [0.2, 0.25) is 0 Å². The molecular formula is C14H11BrCl2. The molecule has 0 aliphatic carbocycles. The van der Waals surface area contributed by atoms with Crippen molar-refractivity contribution < 1.29 is 0 Å². The zero-order chi connectivity index (χ0) is 12.3. The minimum absolute atomic E-state index is 0.830. The van der Waals surface area contributed by atoms with Gasteiger partial charge in [-0.25, -0.2) is 0 Å². The third-order valence-electron chi connectivity index (χ3n) is 2.61. The molecular weight excluding hydrogens is 319 g/mol. The molecule has 3 heteroatoms. The van der Waals surface area contributed by atoms with E-state index in [1.807, 2.05) is 54.6 Å².